The van der Waals surface area contributed by atoms with Gasteiger partial charge in [-0.2, -0.15) is 0 Å². The molecule has 1 rings (SSSR count). The summed E-state index contributed by atoms with van der Waals surface area (Å²) in [6, 6.07) is -1.07. The first-order chi connectivity index (χ1) is 8.90. The monoisotopic (exact) mass is 266 g/mol. The van der Waals surface area contributed by atoms with Crippen LogP contribution in [0.5, 0.6) is 0 Å². The number of urea groups is 1. The Kier molecular flexibility index (Phi) is 5.22. The van der Waals surface area contributed by atoms with Gasteiger partial charge in [-0.05, 0) is 25.2 Å². The number of rotatable bonds is 3. The smallest absolute Gasteiger partial charge is 0.327 e. The molecule has 0 saturated carbocycles. The molecular weight excluding hydrogens is 244 g/mol. The fraction of sp³-hybridized carbons (Fsp3) is 0.714. The van der Waals surface area contributed by atoms with Crippen LogP contribution < -0.4 is 5.32 Å². The van der Waals surface area contributed by atoms with Gasteiger partial charge in [0.2, 0.25) is 0 Å². The second-order valence-electron chi connectivity index (χ2n) is 5.44. The summed E-state index contributed by atoms with van der Waals surface area (Å²) >= 11 is 0. The first kappa shape index (κ1) is 15.4. The Bertz CT molecular complexity index is 407. The first-order valence-corrected chi connectivity index (χ1v) is 6.57. The summed E-state index contributed by atoms with van der Waals surface area (Å²) in [5.74, 6) is 4.67. The highest BCUT2D eigenvalue weighted by atomic mass is 16.4. The average Bonchev–Trinajstić information content (AvgIpc) is 2.32. The summed E-state index contributed by atoms with van der Waals surface area (Å²) in [6.45, 7) is 6.48. The van der Waals surface area contributed by atoms with Gasteiger partial charge in [-0.1, -0.05) is 13.8 Å². The second kappa shape index (κ2) is 6.46. The van der Waals surface area contributed by atoms with E-state index in [-0.39, 0.29) is 6.03 Å². The summed E-state index contributed by atoms with van der Waals surface area (Å²) < 4.78 is 0. The van der Waals surface area contributed by atoms with Crippen LogP contribution >= 0.6 is 0 Å². The van der Waals surface area contributed by atoms with Crippen LogP contribution in [-0.2, 0) is 4.79 Å². The minimum atomic E-state index is -0.937. The van der Waals surface area contributed by atoms with Gasteiger partial charge in [0.1, 0.15) is 6.04 Å². The molecule has 2 amide bonds. The van der Waals surface area contributed by atoms with Crippen molar-refractivity contribution in [1.82, 2.24) is 10.2 Å². The number of aliphatic carboxylic acids is 1. The number of likely N-dealkylation sites (tertiary alicyclic amines) is 1. The summed E-state index contributed by atoms with van der Waals surface area (Å²) in [4.78, 5) is 24.9. The maximum absolute atomic E-state index is 12.1. The molecule has 1 fully saturated rings. The van der Waals surface area contributed by atoms with E-state index in [2.05, 4.69) is 17.2 Å². The number of carboxylic acid groups (broad SMARTS) is 1. The molecule has 0 aromatic rings. The number of nitrogens with one attached hydrogen (secondary N) is 1. The zero-order valence-corrected chi connectivity index (χ0v) is 11.8. The molecule has 5 nitrogen and oxygen atoms in total. The number of hydrogen-bond acceptors (Lipinski definition) is 2. The molecule has 0 bridgehead atoms. The van der Waals surface area contributed by atoms with E-state index >= 15 is 0 Å². The van der Waals surface area contributed by atoms with Crippen LogP contribution in [0.2, 0.25) is 0 Å². The zero-order chi connectivity index (χ0) is 14.5. The van der Waals surface area contributed by atoms with E-state index in [4.69, 9.17) is 0 Å². The molecule has 0 aromatic heterocycles. The van der Waals surface area contributed by atoms with E-state index in [9.17, 15) is 14.7 Å². The Balaban J connectivity index is 2.69. The van der Waals surface area contributed by atoms with Gasteiger partial charge in [-0.3, -0.25) is 0 Å². The van der Waals surface area contributed by atoms with Crippen molar-refractivity contribution in [3.63, 3.8) is 0 Å². The van der Waals surface area contributed by atoms with E-state index < -0.39 is 17.4 Å². The topological polar surface area (TPSA) is 69.6 Å². The van der Waals surface area contributed by atoms with Crippen molar-refractivity contribution >= 4 is 12.0 Å². The van der Waals surface area contributed by atoms with Crippen molar-refractivity contribution in [2.24, 2.45) is 5.41 Å². The third-order valence-corrected chi connectivity index (χ3v) is 3.47. The van der Waals surface area contributed by atoms with E-state index in [1.807, 2.05) is 13.8 Å². The molecule has 5 heteroatoms. The van der Waals surface area contributed by atoms with Crippen molar-refractivity contribution in [2.45, 2.75) is 46.1 Å². The lowest BCUT2D eigenvalue weighted by molar-refractivity contribution is -0.148. The van der Waals surface area contributed by atoms with E-state index in [1.165, 1.54) is 4.90 Å². The molecule has 106 valence electrons. The summed E-state index contributed by atoms with van der Waals surface area (Å²) in [5.41, 5.74) is -0.398. The standard InChI is InChI=1S/C14H22N2O3/c1-4-5-6-9-15-13(19)16-10-7-8-14(2,3)11(16)12(17)18/h11H,6-10H2,1-3H3,(H,15,19)(H,17,18). The Hall–Kier alpha value is -1.70. The Morgan fingerprint density at radius 2 is 2.16 bits per heavy atom. The summed E-state index contributed by atoms with van der Waals surface area (Å²) in [6.07, 6.45) is 2.23. The van der Waals surface area contributed by atoms with Gasteiger partial charge >= 0.3 is 12.0 Å². The molecule has 1 aliphatic rings. The lowest BCUT2D eigenvalue weighted by atomic mass is 9.76. The molecule has 0 radical (unpaired) electrons. The predicted octanol–water partition coefficient (Wildman–Crippen LogP) is 1.68. The lowest BCUT2D eigenvalue weighted by Gasteiger charge is -2.43. The first-order valence-electron chi connectivity index (χ1n) is 6.57. The van der Waals surface area contributed by atoms with Gasteiger partial charge in [0.25, 0.3) is 0 Å². The fourth-order valence-corrected chi connectivity index (χ4v) is 2.54. The lowest BCUT2D eigenvalue weighted by Crippen LogP contribution is -2.58. The van der Waals surface area contributed by atoms with Crippen molar-refractivity contribution in [3.8, 4) is 11.8 Å². The normalized spacial score (nSPS) is 21.2. The van der Waals surface area contributed by atoms with Crippen LogP contribution in [0.1, 0.15) is 40.0 Å². The minimum Gasteiger partial charge on any atom is -0.480 e. The quantitative estimate of drug-likeness (QED) is 0.603. The molecule has 1 saturated heterocycles. The summed E-state index contributed by atoms with van der Waals surface area (Å²) in [7, 11) is 0. The highest BCUT2D eigenvalue weighted by Crippen LogP contribution is 2.35. The van der Waals surface area contributed by atoms with Gasteiger partial charge in [0.15, 0.2) is 0 Å². The highest BCUT2D eigenvalue weighted by molar-refractivity contribution is 5.83. The number of hydrogen-bond donors (Lipinski definition) is 2. The van der Waals surface area contributed by atoms with Gasteiger partial charge in [-0.15, -0.1) is 11.8 Å². The highest BCUT2D eigenvalue weighted by Gasteiger charge is 2.44. The van der Waals surface area contributed by atoms with Gasteiger partial charge < -0.3 is 15.3 Å². The van der Waals surface area contributed by atoms with E-state index in [1.54, 1.807) is 6.92 Å². The number of carbonyl (C=O) groups excluding carboxylic acids is 1. The third-order valence-electron chi connectivity index (χ3n) is 3.47. The van der Waals surface area contributed by atoms with Crippen LogP contribution in [-0.4, -0.2) is 41.1 Å². The van der Waals surface area contributed by atoms with Gasteiger partial charge in [0.05, 0.1) is 0 Å². The molecular formula is C14H22N2O3. The zero-order valence-electron chi connectivity index (χ0n) is 11.8. The largest absolute Gasteiger partial charge is 0.480 e. The van der Waals surface area contributed by atoms with Crippen LogP contribution in [0.3, 0.4) is 0 Å². The van der Waals surface area contributed by atoms with Crippen LogP contribution in [0.25, 0.3) is 0 Å². The third kappa shape index (κ3) is 3.88. The molecule has 1 heterocycles. The Labute approximate surface area is 114 Å². The maximum atomic E-state index is 12.1. The molecule has 19 heavy (non-hydrogen) atoms. The SMILES string of the molecule is CC#CCCNC(=O)N1CCCC(C)(C)C1C(=O)O. The molecule has 0 aromatic carbocycles. The molecule has 1 unspecified atom stereocenters. The maximum Gasteiger partial charge on any atom is 0.327 e. The van der Waals surface area contributed by atoms with Gasteiger partial charge in [-0.25, -0.2) is 9.59 Å². The molecule has 0 spiro atoms. The van der Waals surface area contributed by atoms with Gasteiger partial charge in [0, 0.05) is 19.5 Å². The van der Waals surface area contributed by atoms with E-state index in [0.29, 0.717) is 19.5 Å². The van der Waals surface area contributed by atoms with Crippen molar-refractivity contribution < 1.29 is 14.7 Å². The Morgan fingerprint density at radius 1 is 1.47 bits per heavy atom. The predicted molar refractivity (Wildman–Crippen MR) is 72.6 cm³/mol. The molecule has 2 N–H and O–H groups in total. The van der Waals surface area contributed by atoms with Crippen LogP contribution in [0.4, 0.5) is 4.79 Å². The second-order valence-corrected chi connectivity index (χ2v) is 5.44. The summed E-state index contributed by atoms with van der Waals surface area (Å²) in [5, 5.41) is 12.1. The van der Waals surface area contributed by atoms with Crippen LogP contribution in [0.15, 0.2) is 0 Å². The number of piperidine rings is 1. The van der Waals surface area contributed by atoms with Crippen molar-refractivity contribution in [1.29, 1.82) is 0 Å². The van der Waals surface area contributed by atoms with Crippen molar-refractivity contribution in [3.05, 3.63) is 0 Å². The number of amides is 2. The molecule has 0 aliphatic carbocycles. The average molecular weight is 266 g/mol. The Morgan fingerprint density at radius 3 is 2.74 bits per heavy atom. The van der Waals surface area contributed by atoms with Crippen molar-refractivity contribution in [2.75, 3.05) is 13.1 Å². The number of carbonyl (C=O) groups is 2. The number of nitrogens with zero attached hydrogens (tertiary/aromatic N) is 1. The molecule has 1 aliphatic heterocycles. The molecule has 1 atom stereocenters. The minimum absolute atomic E-state index is 0.307. The van der Waals surface area contributed by atoms with Crippen LogP contribution in [0, 0.1) is 17.3 Å². The van der Waals surface area contributed by atoms with E-state index in [0.717, 1.165) is 12.8 Å². The number of carboxylic acids is 1. The fourth-order valence-electron chi connectivity index (χ4n) is 2.54.